The lowest BCUT2D eigenvalue weighted by Crippen LogP contribution is -2.51. The van der Waals surface area contributed by atoms with E-state index in [0.29, 0.717) is 30.9 Å². The second kappa shape index (κ2) is 9.53. The Morgan fingerprint density at radius 3 is 2.66 bits per heavy atom. The topological polar surface area (TPSA) is 108 Å². The fraction of sp³-hybridized carbons (Fsp3) is 0.519. The molecular weight excluding hydrogens is 504 g/mol. The van der Waals surface area contributed by atoms with Gasteiger partial charge in [0.05, 0.1) is 22.8 Å². The number of nitrogens with zero attached hydrogens (tertiary/aromatic N) is 5. The number of amides is 1. The van der Waals surface area contributed by atoms with Gasteiger partial charge in [-0.2, -0.15) is 0 Å². The molecule has 2 atom stereocenters. The zero-order chi connectivity index (χ0) is 26.6. The summed E-state index contributed by atoms with van der Waals surface area (Å²) in [4.78, 5) is 27.4. The first-order chi connectivity index (χ1) is 18.2. The molecule has 1 aromatic carbocycles. The number of likely N-dealkylation sites (tertiary alicyclic amines) is 2. The number of anilines is 3. The van der Waals surface area contributed by atoms with Gasteiger partial charge in [0, 0.05) is 51.2 Å². The van der Waals surface area contributed by atoms with Crippen LogP contribution in [0.2, 0.25) is 0 Å². The summed E-state index contributed by atoms with van der Waals surface area (Å²) < 4.78 is 30.4. The van der Waals surface area contributed by atoms with Gasteiger partial charge in [-0.1, -0.05) is 12.6 Å². The van der Waals surface area contributed by atoms with Gasteiger partial charge in [0.25, 0.3) is 0 Å². The molecule has 0 spiro atoms. The van der Waals surface area contributed by atoms with E-state index in [1.807, 2.05) is 16.7 Å². The third-order valence-electron chi connectivity index (χ3n) is 8.31. The molecule has 5 heterocycles. The number of benzene rings is 1. The third kappa shape index (κ3) is 4.51. The van der Waals surface area contributed by atoms with Gasteiger partial charge < -0.3 is 19.9 Å². The Labute approximate surface area is 223 Å². The summed E-state index contributed by atoms with van der Waals surface area (Å²) in [7, 11) is -3.00. The van der Waals surface area contributed by atoms with Gasteiger partial charge in [0.1, 0.15) is 29.8 Å². The van der Waals surface area contributed by atoms with Crippen molar-refractivity contribution >= 4 is 33.1 Å². The lowest BCUT2D eigenvalue weighted by Gasteiger charge is -2.43. The zero-order valence-electron chi connectivity index (χ0n) is 21.9. The molecule has 0 radical (unpaired) electrons. The van der Waals surface area contributed by atoms with E-state index in [1.165, 1.54) is 18.0 Å². The van der Waals surface area contributed by atoms with Crippen LogP contribution in [0.15, 0.2) is 31.1 Å². The molecule has 2 aromatic rings. The fourth-order valence-electron chi connectivity index (χ4n) is 6.08. The van der Waals surface area contributed by atoms with Gasteiger partial charge in [-0.3, -0.25) is 9.69 Å². The molecular formula is C27H34N6O4S. The normalized spacial score (nSPS) is 24.9. The third-order valence-corrected chi connectivity index (χ3v) is 9.91. The minimum absolute atomic E-state index is 0.0174. The van der Waals surface area contributed by atoms with Crippen LogP contribution in [0.5, 0.6) is 5.75 Å². The number of sulfone groups is 1. The molecule has 0 aliphatic carbocycles. The first kappa shape index (κ1) is 25.1. The quantitative estimate of drug-likeness (QED) is 0.587. The van der Waals surface area contributed by atoms with E-state index < -0.39 is 9.84 Å². The number of hydrogen-bond donors (Lipinski definition) is 1. The summed E-state index contributed by atoms with van der Waals surface area (Å²) in [6.45, 7) is 12.0. The number of aryl methyl sites for hydroxylation is 1. The summed E-state index contributed by atoms with van der Waals surface area (Å²) in [6, 6.07) is 4.80. The highest BCUT2D eigenvalue weighted by molar-refractivity contribution is 7.91. The molecule has 4 aliphatic rings. The number of nitrogens with one attached hydrogen (secondary N) is 1. The summed E-state index contributed by atoms with van der Waals surface area (Å²) in [6.07, 6.45) is 3.63. The van der Waals surface area contributed by atoms with Gasteiger partial charge in [-0.25, -0.2) is 18.4 Å². The standard InChI is InChI=1S/C27H34N6O4S/c1-4-23(34)32-6-5-21(15-32)33-13-20(14-33)19-11-17(2)25-22(12-19)30-26-24(18(3)37-25)27(29-16-28-26)31-7-9-38(35,36)10-8-31/h4,11-12,16,18,20-21H,1,5-10,13-15H2,2-3H3,(H,28,29,30)/t18-,21-/m0/s1. The molecule has 38 heavy (non-hydrogen) atoms. The molecule has 3 saturated heterocycles. The molecule has 10 nitrogen and oxygen atoms in total. The molecule has 3 fully saturated rings. The Kier molecular flexibility index (Phi) is 6.30. The second-order valence-corrected chi connectivity index (χ2v) is 13.1. The average Bonchev–Trinajstić information content (AvgIpc) is 3.28. The predicted octanol–water partition coefficient (Wildman–Crippen LogP) is 2.40. The molecule has 6 rings (SSSR count). The molecule has 4 aliphatic heterocycles. The van der Waals surface area contributed by atoms with Crippen LogP contribution in [-0.2, 0) is 14.6 Å². The van der Waals surface area contributed by atoms with Gasteiger partial charge in [-0.15, -0.1) is 0 Å². The van der Waals surface area contributed by atoms with E-state index in [1.54, 1.807) is 0 Å². The van der Waals surface area contributed by atoms with Crippen LogP contribution in [0.1, 0.15) is 42.1 Å². The maximum Gasteiger partial charge on any atom is 0.246 e. The van der Waals surface area contributed by atoms with E-state index in [4.69, 9.17) is 4.74 Å². The monoisotopic (exact) mass is 538 g/mol. The van der Waals surface area contributed by atoms with Gasteiger partial charge in [0.15, 0.2) is 9.84 Å². The first-order valence-corrected chi connectivity index (χ1v) is 15.1. The van der Waals surface area contributed by atoms with Crippen LogP contribution in [-0.4, -0.2) is 90.9 Å². The van der Waals surface area contributed by atoms with Gasteiger partial charge in [0.2, 0.25) is 5.91 Å². The largest absolute Gasteiger partial charge is 0.483 e. The predicted molar refractivity (Wildman–Crippen MR) is 146 cm³/mol. The first-order valence-electron chi connectivity index (χ1n) is 13.3. The van der Waals surface area contributed by atoms with Crippen molar-refractivity contribution in [2.45, 2.75) is 38.3 Å². The van der Waals surface area contributed by atoms with Crippen LogP contribution in [0.3, 0.4) is 0 Å². The molecule has 1 amide bonds. The zero-order valence-corrected chi connectivity index (χ0v) is 22.7. The van der Waals surface area contributed by atoms with Crippen molar-refractivity contribution in [2.75, 3.05) is 61.0 Å². The number of aromatic nitrogens is 2. The minimum Gasteiger partial charge on any atom is -0.483 e. The smallest absolute Gasteiger partial charge is 0.246 e. The maximum absolute atomic E-state index is 12.0. The van der Waals surface area contributed by atoms with E-state index in [-0.39, 0.29) is 23.5 Å². The Morgan fingerprint density at radius 1 is 1.16 bits per heavy atom. The van der Waals surface area contributed by atoms with Crippen molar-refractivity contribution in [3.63, 3.8) is 0 Å². The van der Waals surface area contributed by atoms with Crippen LogP contribution >= 0.6 is 0 Å². The van der Waals surface area contributed by atoms with Gasteiger partial charge in [-0.05, 0) is 43.5 Å². The van der Waals surface area contributed by atoms with Crippen molar-refractivity contribution in [3.05, 3.63) is 47.8 Å². The Balaban J connectivity index is 1.21. The second-order valence-electron chi connectivity index (χ2n) is 10.8. The van der Waals surface area contributed by atoms with E-state index in [2.05, 4.69) is 45.8 Å². The highest BCUT2D eigenvalue weighted by atomic mass is 32.2. The maximum atomic E-state index is 12.0. The fourth-order valence-corrected chi connectivity index (χ4v) is 7.28. The van der Waals surface area contributed by atoms with Crippen molar-refractivity contribution < 1.29 is 17.9 Å². The number of rotatable bonds is 4. The Hall–Kier alpha value is -3.18. The lowest BCUT2D eigenvalue weighted by atomic mass is 9.88. The molecule has 1 N–H and O–H groups in total. The lowest BCUT2D eigenvalue weighted by molar-refractivity contribution is -0.125. The number of hydrogen-bond acceptors (Lipinski definition) is 9. The number of carbonyl (C=O) groups is 1. The van der Waals surface area contributed by atoms with Crippen molar-refractivity contribution in [1.29, 1.82) is 0 Å². The average molecular weight is 539 g/mol. The van der Waals surface area contributed by atoms with Crippen molar-refractivity contribution in [2.24, 2.45) is 0 Å². The molecule has 1 aromatic heterocycles. The minimum atomic E-state index is -3.00. The molecule has 0 bridgehead atoms. The van der Waals surface area contributed by atoms with Crippen molar-refractivity contribution in [1.82, 2.24) is 19.8 Å². The molecule has 11 heteroatoms. The van der Waals surface area contributed by atoms with E-state index in [9.17, 15) is 13.2 Å². The van der Waals surface area contributed by atoms with Crippen molar-refractivity contribution in [3.8, 4) is 5.75 Å². The Morgan fingerprint density at radius 2 is 1.92 bits per heavy atom. The molecule has 202 valence electrons. The van der Waals surface area contributed by atoms with Crippen LogP contribution in [0.25, 0.3) is 0 Å². The van der Waals surface area contributed by atoms with E-state index in [0.717, 1.165) is 61.0 Å². The molecule has 0 unspecified atom stereocenters. The summed E-state index contributed by atoms with van der Waals surface area (Å²) in [5.41, 5.74) is 4.06. The summed E-state index contributed by atoms with van der Waals surface area (Å²) in [5, 5.41) is 3.52. The highest BCUT2D eigenvalue weighted by Gasteiger charge is 2.38. The van der Waals surface area contributed by atoms with E-state index >= 15 is 0 Å². The van der Waals surface area contributed by atoms with Crippen LogP contribution in [0, 0.1) is 6.92 Å². The summed E-state index contributed by atoms with van der Waals surface area (Å²) in [5.74, 6) is 2.91. The summed E-state index contributed by atoms with van der Waals surface area (Å²) >= 11 is 0. The van der Waals surface area contributed by atoms with Gasteiger partial charge >= 0.3 is 0 Å². The molecule has 0 saturated carbocycles. The number of carbonyl (C=O) groups excluding carboxylic acids is 1. The van der Waals surface area contributed by atoms with Crippen LogP contribution < -0.4 is 15.0 Å². The van der Waals surface area contributed by atoms with Crippen LogP contribution in [0.4, 0.5) is 17.3 Å². The SMILES string of the molecule is C=CC(=O)N1CC[C@H](N2CC(c3cc(C)c4c(c3)Nc3ncnc(N5CCS(=O)(=O)CC5)c3[C@H](C)O4)C2)C1. The number of fused-ring (bicyclic) bond motifs is 2. The highest BCUT2D eigenvalue weighted by Crippen LogP contribution is 2.45. The Bertz CT molecular complexity index is 1380. The number of ether oxygens (including phenoxy) is 1.